The summed E-state index contributed by atoms with van der Waals surface area (Å²) in [6.07, 6.45) is -0.443. The molecule has 0 aliphatic rings. The first-order valence-electron chi connectivity index (χ1n) is 6.49. The average Bonchev–Trinajstić information content (AvgIpc) is 2.54. The van der Waals surface area contributed by atoms with E-state index in [2.05, 4.69) is 32.1 Å². The maximum absolute atomic E-state index is 11.3. The van der Waals surface area contributed by atoms with Crippen LogP contribution in [0.1, 0.15) is 6.42 Å². The predicted octanol–water partition coefficient (Wildman–Crippen LogP) is -0.718. The summed E-state index contributed by atoms with van der Waals surface area (Å²) in [6.45, 7) is 5.47. The van der Waals surface area contributed by atoms with Crippen molar-refractivity contribution in [3.8, 4) is 0 Å². The second kappa shape index (κ2) is 11.9. The molecule has 0 radical (unpaired) electrons. The third-order valence-corrected chi connectivity index (χ3v) is 2.13. The Bertz CT molecular complexity index is 455. The Kier molecular flexibility index (Phi) is 10.5. The number of carbonyl (C=O) groups excluding carboxylic acids is 4. The highest BCUT2D eigenvalue weighted by molar-refractivity contribution is 5.82. The van der Waals surface area contributed by atoms with E-state index in [0.29, 0.717) is 0 Å². The fourth-order valence-corrected chi connectivity index (χ4v) is 1.10. The van der Waals surface area contributed by atoms with Crippen LogP contribution in [-0.2, 0) is 38.1 Å². The minimum atomic E-state index is -1.71. The van der Waals surface area contributed by atoms with Crippen LogP contribution < -0.4 is 0 Å². The summed E-state index contributed by atoms with van der Waals surface area (Å²) in [7, 11) is 0. The number of ether oxygens (including phenoxy) is 4. The third kappa shape index (κ3) is 10.7. The van der Waals surface area contributed by atoms with Gasteiger partial charge in [0.2, 0.25) is 0 Å². The van der Waals surface area contributed by atoms with Gasteiger partial charge in [0.25, 0.3) is 0 Å². The number of rotatable bonds is 11. The van der Waals surface area contributed by atoms with Crippen molar-refractivity contribution >= 4 is 23.9 Å². The van der Waals surface area contributed by atoms with Crippen molar-refractivity contribution in [3.05, 3.63) is 25.3 Å². The van der Waals surface area contributed by atoms with Crippen LogP contribution in [0, 0.1) is 0 Å². The van der Waals surface area contributed by atoms with Crippen LogP contribution in [0.15, 0.2) is 25.3 Å². The average molecular weight is 330 g/mol. The lowest BCUT2D eigenvalue weighted by atomic mass is 10.2. The van der Waals surface area contributed by atoms with Crippen LogP contribution in [0.3, 0.4) is 0 Å². The fraction of sp³-hybridized carbons (Fsp3) is 0.429. The highest BCUT2D eigenvalue weighted by Crippen LogP contribution is 1.98. The molecule has 23 heavy (non-hydrogen) atoms. The Morgan fingerprint density at radius 1 is 0.826 bits per heavy atom. The van der Waals surface area contributed by atoms with E-state index >= 15 is 0 Å². The van der Waals surface area contributed by atoms with Gasteiger partial charge in [0.1, 0.15) is 26.4 Å². The highest BCUT2D eigenvalue weighted by Gasteiger charge is 2.21. The van der Waals surface area contributed by atoms with Crippen LogP contribution in [0.25, 0.3) is 0 Å². The van der Waals surface area contributed by atoms with Crippen LogP contribution in [0.2, 0.25) is 0 Å². The van der Waals surface area contributed by atoms with Crippen LogP contribution >= 0.6 is 0 Å². The minimum absolute atomic E-state index is 0.175. The molecule has 0 aliphatic carbocycles. The Labute approximate surface area is 132 Å². The molecule has 9 nitrogen and oxygen atoms in total. The van der Waals surface area contributed by atoms with Gasteiger partial charge in [0, 0.05) is 12.2 Å². The van der Waals surface area contributed by atoms with Gasteiger partial charge in [-0.2, -0.15) is 0 Å². The van der Waals surface area contributed by atoms with Crippen molar-refractivity contribution in [1.82, 2.24) is 0 Å². The topological polar surface area (TPSA) is 125 Å². The summed E-state index contributed by atoms with van der Waals surface area (Å²) in [4.78, 5) is 44.0. The number of aliphatic hydroxyl groups excluding tert-OH is 1. The van der Waals surface area contributed by atoms with E-state index in [9.17, 15) is 24.3 Å². The summed E-state index contributed by atoms with van der Waals surface area (Å²) in [5, 5.41) is 9.43. The summed E-state index contributed by atoms with van der Waals surface area (Å²) in [5.74, 6) is -3.28. The molecule has 0 bridgehead atoms. The van der Waals surface area contributed by atoms with Gasteiger partial charge in [-0.3, -0.25) is 4.79 Å². The van der Waals surface area contributed by atoms with Crippen LogP contribution in [0.5, 0.6) is 0 Å². The molecule has 1 N–H and O–H groups in total. The standard InChI is InChI=1S/C14H18O9/c1-3-11(16)20-5-6-22-13(18)9-10(15)14(19)23-8-7-21-12(17)4-2/h3-4,10,15H,1-2,5-9H2. The van der Waals surface area contributed by atoms with Crippen molar-refractivity contribution in [1.29, 1.82) is 0 Å². The molecule has 0 rings (SSSR count). The number of carbonyl (C=O) groups is 4. The molecule has 1 atom stereocenters. The third-order valence-electron chi connectivity index (χ3n) is 2.13. The molecule has 0 aliphatic heterocycles. The van der Waals surface area contributed by atoms with E-state index in [0.717, 1.165) is 12.2 Å². The van der Waals surface area contributed by atoms with E-state index in [1.54, 1.807) is 0 Å². The van der Waals surface area contributed by atoms with Gasteiger partial charge in [-0.25, -0.2) is 14.4 Å². The molecule has 9 heteroatoms. The largest absolute Gasteiger partial charge is 0.462 e. The molecule has 0 spiro atoms. The zero-order chi connectivity index (χ0) is 17.7. The lowest BCUT2D eigenvalue weighted by molar-refractivity contribution is -0.162. The molecular formula is C14H18O9. The van der Waals surface area contributed by atoms with E-state index in [1.807, 2.05) is 0 Å². The molecule has 0 saturated heterocycles. The summed E-state index contributed by atoms with van der Waals surface area (Å²) >= 11 is 0. The second-order valence-electron chi connectivity index (χ2n) is 3.85. The number of hydrogen-bond acceptors (Lipinski definition) is 9. The van der Waals surface area contributed by atoms with Crippen molar-refractivity contribution in [2.24, 2.45) is 0 Å². The summed E-state index contributed by atoms with van der Waals surface area (Å²) in [6, 6.07) is 0. The van der Waals surface area contributed by atoms with Gasteiger partial charge in [-0.05, 0) is 0 Å². The molecule has 128 valence electrons. The van der Waals surface area contributed by atoms with Gasteiger partial charge in [-0.15, -0.1) is 0 Å². The van der Waals surface area contributed by atoms with Crippen LogP contribution in [0.4, 0.5) is 0 Å². The zero-order valence-electron chi connectivity index (χ0n) is 12.4. The molecule has 0 aromatic rings. The molecule has 0 aromatic heterocycles. The van der Waals surface area contributed by atoms with Gasteiger partial charge >= 0.3 is 23.9 Å². The van der Waals surface area contributed by atoms with E-state index in [1.165, 1.54) is 0 Å². The Morgan fingerprint density at radius 2 is 1.26 bits per heavy atom. The van der Waals surface area contributed by atoms with E-state index in [-0.39, 0.29) is 26.4 Å². The molecule has 0 aromatic carbocycles. The minimum Gasteiger partial charge on any atom is -0.462 e. The van der Waals surface area contributed by atoms with Crippen molar-refractivity contribution in [3.63, 3.8) is 0 Å². The van der Waals surface area contributed by atoms with Gasteiger partial charge in [-0.1, -0.05) is 13.2 Å². The predicted molar refractivity (Wildman–Crippen MR) is 74.9 cm³/mol. The number of aliphatic hydroxyl groups is 1. The van der Waals surface area contributed by atoms with Gasteiger partial charge < -0.3 is 24.1 Å². The van der Waals surface area contributed by atoms with E-state index in [4.69, 9.17) is 0 Å². The second-order valence-corrected chi connectivity index (χ2v) is 3.85. The van der Waals surface area contributed by atoms with Crippen molar-refractivity contribution in [2.75, 3.05) is 26.4 Å². The number of esters is 4. The fourth-order valence-electron chi connectivity index (χ4n) is 1.10. The van der Waals surface area contributed by atoms with Crippen LogP contribution in [-0.4, -0.2) is 61.5 Å². The first-order valence-corrected chi connectivity index (χ1v) is 6.49. The maximum Gasteiger partial charge on any atom is 0.335 e. The van der Waals surface area contributed by atoms with Crippen molar-refractivity contribution in [2.45, 2.75) is 12.5 Å². The molecule has 0 fully saturated rings. The van der Waals surface area contributed by atoms with Gasteiger partial charge in [0.05, 0.1) is 6.42 Å². The normalized spacial score (nSPS) is 10.8. The Balaban J connectivity index is 3.82. The first-order chi connectivity index (χ1) is 10.9. The zero-order valence-corrected chi connectivity index (χ0v) is 12.4. The maximum atomic E-state index is 11.3. The van der Waals surface area contributed by atoms with Gasteiger partial charge in [0.15, 0.2) is 6.10 Å². The SMILES string of the molecule is C=CC(=O)OCCOC(=O)CC(O)C(=O)OCCOC(=O)C=C. The Hall–Kier alpha value is -2.68. The lowest BCUT2D eigenvalue weighted by Crippen LogP contribution is -2.28. The highest BCUT2D eigenvalue weighted by atomic mass is 16.6. The summed E-state index contributed by atoms with van der Waals surface area (Å²) in [5.41, 5.74) is 0. The molecule has 0 heterocycles. The molecule has 1 unspecified atom stereocenters. The smallest absolute Gasteiger partial charge is 0.335 e. The molecular weight excluding hydrogens is 312 g/mol. The quantitative estimate of drug-likeness (QED) is 0.226. The lowest BCUT2D eigenvalue weighted by Gasteiger charge is -2.10. The number of hydrogen-bond donors (Lipinski definition) is 1. The summed E-state index contributed by atoms with van der Waals surface area (Å²) < 4.78 is 18.3. The molecule has 0 amide bonds. The van der Waals surface area contributed by atoms with Crippen molar-refractivity contribution < 1.29 is 43.2 Å². The Morgan fingerprint density at radius 3 is 1.74 bits per heavy atom. The molecule has 0 saturated carbocycles. The van der Waals surface area contributed by atoms with E-state index < -0.39 is 36.4 Å². The monoisotopic (exact) mass is 330 g/mol. The first kappa shape index (κ1) is 20.3.